The number of H-pyrrole nitrogens is 1. The Kier molecular flexibility index (Phi) is 3.29. The molecule has 0 spiro atoms. The standard InChI is InChI=1S/C9H11N3O4/c1-4-7(12-5(2)11-4)10-3-6(8(13)14)9(15)16/h3,10H,1-2H3,(H,11,12)(H,13,14)(H,15,16). The fourth-order valence-electron chi connectivity index (χ4n) is 1.11. The first-order chi connectivity index (χ1) is 7.41. The fourth-order valence-corrected chi connectivity index (χ4v) is 1.11. The molecular weight excluding hydrogens is 214 g/mol. The third-order valence-corrected chi connectivity index (χ3v) is 1.82. The lowest BCUT2D eigenvalue weighted by Crippen LogP contribution is -2.13. The van der Waals surface area contributed by atoms with E-state index in [2.05, 4.69) is 15.3 Å². The minimum atomic E-state index is -1.51. The molecule has 86 valence electrons. The largest absolute Gasteiger partial charge is 0.477 e. The second-order valence-electron chi connectivity index (χ2n) is 3.11. The van der Waals surface area contributed by atoms with E-state index in [1.807, 2.05) is 0 Å². The summed E-state index contributed by atoms with van der Waals surface area (Å²) in [5.74, 6) is -1.96. The second-order valence-corrected chi connectivity index (χ2v) is 3.11. The number of aromatic amines is 1. The van der Waals surface area contributed by atoms with E-state index >= 15 is 0 Å². The molecule has 0 atom stereocenters. The normalized spacial score (nSPS) is 9.62. The molecule has 0 aliphatic heterocycles. The average Bonchev–Trinajstić information content (AvgIpc) is 2.44. The third kappa shape index (κ3) is 2.59. The van der Waals surface area contributed by atoms with Gasteiger partial charge in [0.25, 0.3) is 0 Å². The molecular formula is C9H11N3O4. The molecule has 0 fully saturated rings. The number of anilines is 1. The van der Waals surface area contributed by atoms with E-state index in [-0.39, 0.29) is 0 Å². The Labute approximate surface area is 90.8 Å². The van der Waals surface area contributed by atoms with Gasteiger partial charge in [0, 0.05) is 6.20 Å². The number of rotatable bonds is 4. The Morgan fingerprint density at radius 3 is 2.25 bits per heavy atom. The molecule has 1 heterocycles. The maximum atomic E-state index is 10.5. The van der Waals surface area contributed by atoms with Gasteiger partial charge in [-0.25, -0.2) is 14.6 Å². The zero-order chi connectivity index (χ0) is 12.3. The second kappa shape index (κ2) is 4.47. The van der Waals surface area contributed by atoms with Crippen molar-refractivity contribution in [3.05, 3.63) is 23.3 Å². The number of aromatic nitrogens is 2. The molecule has 7 heteroatoms. The van der Waals surface area contributed by atoms with Crippen LogP contribution in [-0.2, 0) is 9.59 Å². The van der Waals surface area contributed by atoms with Gasteiger partial charge < -0.3 is 20.5 Å². The molecule has 0 saturated carbocycles. The molecule has 4 N–H and O–H groups in total. The topological polar surface area (TPSA) is 115 Å². The highest BCUT2D eigenvalue weighted by Crippen LogP contribution is 2.10. The van der Waals surface area contributed by atoms with Crippen molar-refractivity contribution in [1.29, 1.82) is 0 Å². The number of nitrogens with one attached hydrogen (secondary N) is 2. The summed E-state index contributed by atoms with van der Waals surface area (Å²) in [5.41, 5.74) is -0.0519. The maximum absolute atomic E-state index is 10.5. The summed E-state index contributed by atoms with van der Waals surface area (Å²) < 4.78 is 0. The number of hydrogen-bond donors (Lipinski definition) is 4. The van der Waals surface area contributed by atoms with Gasteiger partial charge in [0.05, 0.1) is 5.69 Å². The zero-order valence-electron chi connectivity index (χ0n) is 8.74. The van der Waals surface area contributed by atoms with Crippen LogP contribution in [0.4, 0.5) is 5.82 Å². The number of aryl methyl sites for hydroxylation is 2. The molecule has 0 aromatic carbocycles. The quantitative estimate of drug-likeness (QED) is 0.337. The lowest BCUT2D eigenvalue weighted by molar-refractivity contribution is -0.140. The number of carboxylic acids is 2. The molecule has 0 saturated heterocycles. The monoisotopic (exact) mass is 225 g/mol. The smallest absolute Gasteiger partial charge is 0.344 e. The van der Waals surface area contributed by atoms with E-state index in [4.69, 9.17) is 10.2 Å². The molecule has 7 nitrogen and oxygen atoms in total. The SMILES string of the molecule is Cc1nc(NC=C(C(=O)O)C(=O)O)c(C)[nH]1. The number of imidazole rings is 1. The molecule has 0 aliphatic rings. The van der Waals surface area contributed by atoms with Crippen molar-refractivity contribution in [2.24, 2.45) is 0 Å². The van der Waals surface area contributed by atoms with Crippen LogP contribution in [0.3, 0.4) is 0 Å². The molecule has 0 amide bonds. The summed E-state index contributed by atoms with van der Waals surface area (Å²) in [6.07, 6.45) is 0.896. The van der Waals surface area contributed by atoms with Crippen molar-refractivity contribution in [2.75, 3.05) is 5.32 Å². The molecule has 0 radical (unpaired) electrons. The van der Waals surface area contributed by atoms with Crippen molar-refractivity contribution < 1.29 is 19.8 Å². The van der Waals surface area contributed by atoms with E-state index in [1.165, 1.54) is 0 Å². The van der Waals surface area contributed by atoms with Crippen molar-refractivity contribution in [1.82, 2.24) is 9.97 Å². The van der Waals surface area contributed by atoms with Gasteiger partial charge >= 0.3 is 11.9 Å². The van der Waals surface area contributed by atoms with E-state index in [0.717, 1.165) is 6.20 Å². The van der Waals surface area contributed by atoms with Crippen molar-refractivity contribution >= 4 is 17.8 Å². The zero-order valence-corrected chi connectivity index (χ0v) is 8.74. The van der Waals surface area contributed by atoms with Crippen LogP contribution in [-0.4, -0.2) is 32.1 Å². The van der Waals surface area contributed by atoms with Gasteiger partial charge in [-0.3, -0.25) is 0 Å². The van der Waals surface area contributed by atoms with Gasteiger partial charge in [-0.2, -0.15) is 0 Å². The minimum absolute atomic E-state index is 0.400. The van der Waals surface area contributed by atoms with E-state index in [0.29, 0.717) is 17.3 Å². The van der Waals surface area contributed by atoms with E-state index in [9.17, 15) is 9.59 Å². The first-order valence-electron chi connectivity index (χ1n) is 4.38. The Morgan fingerprint density at radius 2 is 1.88 bits per heavy atom. The highest BCUT2D eigenvalue weighted by atomic mass is 16.4. The summed E-state index contributed by atoms with van der Waals surface area (Å²) in [5, 5.41) is 19.7. The van der Waals surface area contributed by atoms with E-state index in [1.54, 1.807) is 13.8 Å². The highest BCUT2D eigenvalue weighted by Gasteiger charge is 2.16. The van der Waals surface area contributed by atoms with Crippen LogP contribution >= 0.6 is 0 Å². The lowest BCUT2D eigenvalue weighted by Gasteiger charge is -1.98. The lowest BCUT2D eigenvalue weighted by atomic mass is 10.3. The summed E-state index contributed by atoms with van der Waals surface area (Å²) in [4.78, 5) is 28.0. The number of hydrogen-bond acceptors (Lipinski definition) is 4. The molecule has 1 aromatic rings. The van der Waals surface area contributed by atoms with Crippen LogP contribution in [0.25, 0.3) is 0 Å². The number of carbonyl (C=O) groups is 2. The summed E-state index contributed by atoms with van der Waals surface area (Å²) in [7, 11) is 0. The van der Waals surface area contributed by atoms with Gasteiger partial charge in [-0.15, -0.1) is 0 Å². The number of nitrogens with zero attached hydrogens (tertiary/aromatic N) is 1. The van der Waals surface area contributed by atoms with Crippen molar-refractivity contribution in [3.63, 3.8) is 0 Å². The van der Waals surface area contributed by atoms with Crippen molar-refractivity contribution in [3.8, 4) is 0 Å². The molecule has 0 unspecified atom stereocenters. The van der Waals surface area contributed by atoms with Crippen LogP contribution in [0.1, 0.15) is 11.5 Å². The predicted octanol–water partition coefficient (Wildman–Crippen LogP) is 0.492. The number of carboxylic acid groups (broad SMARTS) is 2. The Bertz CT molecular complexity index is 445. The molecule has 1 rings (SSSR count). The molecule has 0 bridgehead atoms. The summed E-state index contributed by atoms with van der Waals surface area (Å²) in [6.45, 7) is 3.47. The first kappa shape index (κ1) is 11.8. The van der Waals surface area contributed by atoms with Crippen LogP contribution < -0.4 is 5.32 Å². The molecule has 0 aliphatic carbocycles. The highest BCUT2D eigenvalue weighted by molar-refractivity contribution is 6.12. The summed E-state index contributed by atoms with van der Waals surface area (Å²) >= 11 is 0. The van der Waals surface area contributed by atoms with Crippen LogP contribution in [0.5, 0.6) is 0 Å². The van der Waals surface area contributed by atoms with Crippen molar-refractivity contribution in [2.45, 2.75) is 13.8 Å². The average molecular weight is 225 g/mol. The summed E-state index contributed by atoms with van der Waals surface area (Å²) in [6, 6.07) is 0. The van der Waals surface area contributed by atoms with Gasteiger partial charge in [0.1, 0.15) is 5.82 Å². The van der Waals surface area contributed by atoms with Gasteiger partial charge in [-0.05, 0) is 13.8 Å². The maximum Gasteiger partial charge on any atom is 0.344 e. The first-order valence-corrected chi connectivity index (χ1v) is 4.38. The fraction of sp³-hybridized carbons (Fsp3) is 0.222. The van der Waals surface area contributed by atoms with Gasteiger partial charge in [-0.1, -0.05) is 0 Å². The van der Waals surface area contributed by atoms with Crippen LogP contribution in [0, 0.1) is 13.8 Å². The number of aliphatic carboxylic acids is 2. The molecule has 16 heavy (non-hydrogen) atoms. The Hall–Kier alpha value is -2.31. The van der Waals surface area contributed by atoms with E-state index < -0.39 is 17.5 Å². The van der Waals surface area contributed by atoms with Crippen LogP contribution in [0.15, 0.2) is 11.8 Å². The third-order valence-electron chi connectivity index (χ3n) is 1.82. The minimum Gasteiger partial charge on any atom is -0.477 e. The molecule has 1 aromatic heterocycles. The van der Waals surface area contributed by atoms with Gasteiger partial charge in [0.15, 0.2) is 11.4 Å². The Balaban J connectivity index is 2.89. The predicted molar refractivity (Wildman–Crippen MR) is 55.0 cm³/mol. The van der Waals surface area contributed by atoms with Gasteiger partial charge in [0.2, 0.25) is 0 Å². The Morgan fingerprint density at radius 1 is 1.31 bits per heavy atom. The van der Waals surface area contributed by atoms with Crippen LogP contribution in [0.2, 0.25) is 0 Å².